The van der Waals surface area contributed by atoms with Gasteiger partial charge in [-0.15, -0.1) is 0 Å². The predicted octanol–water partition coefficient (Wildman–Crippen LogP) is 6.28. The monoisotopic (exact) mass is 450 g/mol. The molecule has 5 nitrogen and oxygen atoms in total. The van der Waals surface area contributed by atoms with Crippen LogP contribution in [0.15, 0.2) is 97.1 Å². The molecule has 0 atom stereocenters. The molecule has 2 N–H and O–H groups in total. The molecule has 5 heteroatoms. The second kappa shape index (κ2) is 10.5. The molecule has 4 rings (SSSR count). The molecule has 0 spiro atoms. The summed E-state index contributed by atoms with van der Waals surface area (Å²) in [6.45, 7) is 2.51. The first-order valence-corrected chi connectivity index (χ1v) is 11.0. The molecule has 0 bridgehead atoms. The number of ether oxygens (including phenoxy) is 1. The Morgan fingerprint density at radius 2 is 1.59 bits per heavy atom. The number of rotatable bonds is 7. The minimum Gasteiger partial charge on any atom is -0.465 e. The third-order valence-electron chi connectivity index (χ3n) is 5.57. The molecule has 0 aromatic heterocycles. The highest BCUT2D eigenvalue weighted by Gasteiger charge is 2.14. The van der Waals surface area contributed by atoms with Crippen LogP contribution in [-0.2, 0) is 16.1 Å². The topological polar surface area (TPSA) is 67.4 Å². The molecular weight excluding hydrogens is 424 g/mol. The van der Waals surface area contributed by atoms with E-state index in [2.05, 4.69) is 22.8 Å². The molecular formula is C29H26N2O3. The van der Waals surface area contributed by atoms with Crippen LogP contribution >= 0.6 is 0 Å². The summed E-state index contributed by atoms with van der Waals surface area (Å²) in [5.74, 6) is -0.837. The highest BCUT2D eigenvalue weighted by molar-refractivity contribution is 6.08. The number of allylic oxidation sites excluding steroid dienone is 1. The SMILES string of the molecule is COC(=O)c1ccc(NCc2ccccc2)cc1NC(=O)/C=C(/C)c1ccc2ccccc2c1. The second-order valence-corrected chi connectivity index (χ2v) is 7.97. The Bertz CT molecular complexity index is 1360. The van der Waals surface area contributed by atoms with Crippen molar-refractivity contribution in [2.75, 3.05) is 17.7 Å². The smallest absolute Gasteiger partial charge is 0.339 e. The number of hydrogen-bond donors (Lipinski definition) is 2. The van der Waals surface area contributed by atoms with Crippen molar-refractivity contribution in [2.45, 2.75) is 13.5 Å². The number of benzene rings is 4. The fraction of sp³-hybridized carbons (Fsp3) is 0.103. The van der Waals surface area contributed by atoms with E-state index >= 15 is 0 Å². The molecule has 0 saturated carbocycles. The van der Waals surface area contributed by atoms with E-state index in [4.69, 9.17) is 4.74 Å². The van der Waals surface area contributed by atoms with Gasteiger partial charge < -0.3 is 15.4 Å². The molecule has 0 radical (unpaired) electrons. The van der Waals surface area contributed by atoms with Gasteiger partial charge in [-0.2, -0.15) is 0 Å². The molecule has 0 aliphatic heterocycles. The van der Waals surface area contributed by atoms with Crippen molar-refractivity contribution in [3.8, 4) is 0 Å². The van der Waals surface area contributed by atoms with Crippen molar-refractivity contribution >= 4 is 39.6 Å². The maximum absolute atomic E-state index is 12.9. The number of hydrogen-bond acceptors (Lipinski definition) is 4. The van der Waals surface area contributed by atoms with Crippen LogP contribution in [0, 0.1) is 0 Å². The van der Waals surface area contributed by atoms with E-state index < -0.39 is 5.97 Å². The molecule has 4 aromatic rings. The number of nitrogens with one attached hydrogen (secondary N) is 2. The average Bonchev–Trinajstić information content (AvgIpc) is 2.87. The molecule has 0 aliphatic rings. The average molecular weight is 451 g/mol. The van der Waals surface area contributed by atoms with Gasteiger partial charge in [0.25, 0.3) is 0 Å². The van der Waals surface area contributed by atoms with E-state index in [-0.39, 0.29) is 11.5 Å². The number of carbonyl (C=O) groups is 2. The molecule has 4 aromatic carbocycles. The summed E-state index contributed by atoms with van der Waals surface area (Å²) in [5, 5.41) is 8.42. The zero-order chi connectivity index (χ0) is 23.9. The fourth-order valence-corrected chi connectivity index (χ4v) is 3.73. The molecule has 0 heterocycles. The highest BCUT2D eigenvalue weighted by atomic mass is 16.5. The first kappa shape index (κ1) is 22.8. The largest absolute Gasteiger partial charge is 0.465 e. The normalized spacial score (nSPS) is 11.2. The Morgan fingerprint density at radius 3 is 2.35 bits per heavy atom. The van der Waals surface area contributed by atoms with Crippen LogP contribution < -0.4 is 10.6 Å². The third kappa shape index (κ3) is 5.51. The molecule has 0 aliphatic carbocycles. The molecule has 0 unspecified atom stereocenters. The van der Waals surface area contributed by atoms with Crippen LogP contribution in [0.3, 0.4) is 0 Å². The van der Waals surface area contributed by atoms with Crippen molar-refractivity contribution < 1.29 is 14.3 Å². The van der Waals surface area contributed by atoms with Crippen LogP contribution in [-0.4, -0.2) is 19.0 Å². The maximum Gasteiger partial charge on any atom is 0.339 e. The summed E-state index contributed by atoms with van der Waals surface area (Å²) < 4.78 is 4.89. The van der Waals surface area contributed by atoms with Crippen LogP contribution in [0.5, 0.6) is 0 Å². The number of esters is 1. The Kier molecular flexibility index (Phi) is 7.04. The van der Waals surface area contributed by atoms with Gasteiger partial charge in [0.15, 0.2) is 0 Å². The summed E-state index contributed by atoms with van der Waals surface area (Å²) >= 11 is 0. The van der Waals surface area contributed by atoms with Gasteiger partial charge in [0.1, 0.15) is 0 Å². The quantitative estimate of drug-likeness (QED) is 0.257. The lowest BCUT2D eigenvalue weighted by atomic mass is 10.0. The molecule has 0 saturated heterocycles. The molecule has 0 fully saturated rings. The number of fused-ring (bicyclic) bond motifs is 1. The summed E-state index contributed by atoms with van der Waals surface area (Å²) in [6, 6.07) is 29.3. The zero-order valence-electron chi connectivity index (χ0n) is 19.2. The van der Waals surface area contributed by atoms with Crippen molar-refractivity contribution in [1.82, 2.24) is 0 Å². The van der Waals surface area contributed by atoms with E-state index in [1.807, 2.05) is 67.6 Å². The van der Waals surface area contributed by atoms with Crippen LogP contribution in [0.25, 0.3) is 16.3 Å². The summed E-state index contributed by atoms with van der Waals surface area (Å²) in [6.07, 6.45) is 1.54. The van der Waals surface area contributed by atoms with Crippen molar-refractivity contribution in [3.63, 3.8) is 0 Å². The fourth-order valence-electron chi connectivity index (χ4n) is 3.73. The van der Waals surface area contributed by atoms with Gasteiger partial charge in [0.2, 0.25) is 5.91 Å². The lowest BCUT2D eigenvalue weighted by Gasteiger charge is -2.13. The molecule has 170 valence electrons. The Hall–Kier alpha value is -4.38. The van der Waals surface area contributed by atoms with E-state index in [9.17, 15) is 9.59 Å². The Balaban J connectivity index is 1.54. The number of amides is 1. The molecule has 1 amide bonds. The summed E-state index contributed by atoms with van der Waals surface area (Å²) in [7, 11) is 1.32. The van der Waals surface area contributed by atoms with Crippen molar-refractivity contribution in [2.24, 2.45) is 0 Å². The second-order valence-electron chi connectivity index (χ2n) is 7.97. The Morgan fingerprint density at radius 1 is 0.853 bits per heavy atom. The Labute approximate surface area is 199 Å². The van der Waals surface area contributed by atoms with Crippen molar-refractivity contribution in [1.29, 1.82) is 0 Å². The predicted molar refractivity (Wildman–Crippen MR) is 138 cm³/mol. The van der Waals surface area contributed by atoms with Gasteiger partial charge in [-0.25, -0.2) is 4.79 Å². The third-order valence-corrected chi connectivity index (χ3v) is 5.57. The van der Waals surface area contributed by atoms with E-state index in [1.54, 1.807) is 18.2 Å². The lowest BCUT2D eigenvalue weighted by molar-refractivity contribution is -0.111. The van der Waals surface area contributed by atoms with E-state index in [0.717, 1.165) is 33.2 Å². The summed E-state index contributed by atoms with van der Waals surface area (Å²) in [5.41, 5.74) is 4.36. The van der Waals surface area contributed by atoms with Crippen LogP contribution in [0.1, 0.15) is 28.4 Å². The van der Waals surface area contributed by atoms with Gasteiger partial charge in [-0.3, -0.25) is 4.79 Å². The van der Waals surface area contributed by atoms with Gasteiger partial charge in [-0.1, -0.05) is 66.7 Å². The zero-order valence-corrected chi connectivity index (χ0v) is 19.2. The number of carbonyl (C=O) groups excluding carboxylic acids is 2. The van der Waals surface area contributed by atoms with Crippen molar-refractivity contribution in [3.05, 3.63) is 114 Å². The van der Waals surface area contributed by atoms with Gasteiger partial charge in [0, 0.05) is 18.3 Å². The van der Waals surface area contributed by atoms with Gasteiger partial charge in [0.05, 0.1) is 18.4 Å². The standard InChI is InChI=1S/C29H26N2O3/c1-20(23-13-12-22-10-6-7-11-24(22)17-23)16-28(32)31-27-18-25(14-15-26(27)29(33)34-2)30-19-21-8-4-3-5-9-21/h3-18,30H,19H2,1-2H3,(H,31,32)/b20-16-. The minimum atomic E-state index is -0.514. The van der Waals surface area contributed by atoms with Gasteiger partial charge >= 0.3 is 5.97 Å². The van der Waals surface area contributed by atoms with Crippen LogP contribution in [0.2, 0.25) is 0 Å². The summed E-state index contributed by atoms with van der Waals surface area (Å²) in [4.78, 5) is 25.1. The van der Waals surface area contributed by atoms with Crippen LogP contribution in [0.4, 0.5) is 11.4 Å². The van der Waals surface area contributed by atoms with E-state index in [1.165, 1.54) is 13.2 Å². The minimum absolute atomic E-state index is 0.290. The first-order chi connectivity index (χ1) is 16.5. The highest BCUT2D eigenvalue weighted by Crippen LogP contribution is 2.24. The van der Waals surface area contributed by atoms with E-state index in [0.29, 0.717) is 12.2 Å². The number of methoxy groups -OCH3 is 1. The lowest BCUT2D eigenvalue weighted by Crippen LogP contribution is -2.14. The maximum atomic E-state index is 12.9. The molecule has 34 heavy (non-hydrogen) atoms. The van der Waals surface area contributed by atoms with Gasteiger partial charge in [-0.05, 0) is 58.7 Å². The number of anilines is 2. The first-order valence-electron chi connectivity index (χ1n) is 11.0.